The van der Waals surface area contributed by atoms with Crippen LogP contribution in [0.2, 0.25) is 0 Å². The van der Waals surface area contributed by atoms with Gasteiger partial charge < -0.3 is 63.0 Å². The normalized spacial score (nSPS) is 22.3. The zero-order valence-corrected chi connectivity index (χ0v) is 78.5. The predicted octanol–water partition coefficient (Wildman–Crippen LogP) is 13.4. The van der Waals surface area contributed by atoms with Gasteiger partial charge in [0.1, 0.15) is 63.4 Å². The van der Waals surface area contributed by atoms with E-state index in [1.165, 1.54) is 63.9 Å². The fourth-order valence-corrected chi connectivity index (χ4v) is 23.1. The molecular weight excluding hydrogens is 1720 g/mol. The second kappa shape index (κ2) is 40.7. The first-order valence-corrected chi connectivity index (χ1v) is 48.5. The number of nitrogens with zero attached hydrogens (tertiary/aromatic N) is 21. The quantitative estimate of drug-likeness (QED) is 0.0412. The molecule has 6 aromatic carbocycles. The lowest BCUT2D eigenvalue weighted by atomic mass is 9.93. The Hall–Kier alpha value is -12.7. The number of piperazine rings is 3. The van der Waals surface area contributed by atoms with E-state index in [4.69, 9.17) is 48.9 Å². The molecule has 3 aromatic heterocycles. The van der Waals surface area contributed by atoms with Gasteiger partial charge in [0.05, 0.1) is 104 Å². The molecule has 0 radical (unpaired) electrons. The monoisotopic (exact) mass is 1840 g/mol. The Morgan fingerprint density at radius 2 is 0.949 bits per heavy atom. The van der Waals surface area contributed by atoms with Crippen LogP contribution < -0.4 is 43.6 Å². The molecule has 7 saturated heterocycles. The van der Waals surface area contributed by atoms with Crippen LogP contribution in [0.25, 0.3) is 32.3 Å². The number of halogens is 3. The summed E-state index contributed by atoms with van der Waals surface area (Å²) in [4.78, 5) is 98.8. The molecule has 19 rings (SSSR count). The number of morpholine rings is 1. The third-order valence-corrected chi connectivity index (χ3v) is 29.9. The summed E-state index contributed by atoms with van der Waals surface area (Å²) in [6.07, 6.45) is 14.0. The molecule has 10 aliphatic rings. The number of aromatic nitrogens is 6. The smallest absolute Gasteiger partial charge is 0.318 e. The second-order valence-electron chi connectivity index (χ2n) is 38.4. The number of amides is 3. The van der Waals surface area contributed by atoms with Gasteiger partial charge in [-0.1, -0.05) is 66.7 Å². The van der Waals surface area contributed by atoms with Gasteiger partial charge in [0.25, 0.3) is 0 Å². The first-order valence-electron chi connectivity index (χ1n) is 48.5. The maximum Gasteiger partial charge on any atom is 0.318 e. The highest BCUT2D eigenvalue weighted by atomic mass is 19.1. The number of benzene rings is 6. The molecule has 28 nitrogen and oxygen atoms in total. The molecule has 0 aliphatic carbocycles. The summed E-state index contributed by atoms with van der Waals surface area (Å²) < 4.78 is 67.4. The van der Waals surface area contributed by atoms with Crippen LogP contribution in [0, 0.1) is 54.8 Å². The minimum absolute atomic E-state index is 0.0655. The van der Waals surface area contributed by atoms with Crippen LogP contribution in [0.4, 0.5) is 47.7 Å². The lowest BCUT2D eigenvalue weighted by Crippen LogP contribution is -2.55. The van der Waals surface area contributed by atoms with Crippen LogP contribution in [0.3, 0.4) is 0 Å². The minimum atomic E-state index is -0.777. The zero-order valence-electron chi connectivity index (χ0n) is 78.5. The van der Waals surface area contributed by atoms with E-state index in [9.17, 15) is 43.3 Å². The average molecular weight is 1850 g/mol. The fourth-order valence-electron chi connectivity index (χ4n) is 23.1. The molecule has 7 fully saturated rings. The van der Waals surface area contributed by atoms with Gasteiger partial charge in [0.2, 0.25) is 17.7 Å². The van der Waals surface area contributed by atoms with Crippen molar-refractivity contribution in [3.05, 3.63) is 195 Å². The van der Waals surface area contributed by atoms with Crippen LogP contribution in [0.15, 0.2) is 134 Å². The van der Waals surface area contributed by atoms with Crippen molar-refractivity contribution in [1.29, 1.82) is 15.8 Å². The Bertz CT molecular complexity index is 6230. The number of nitriles is 3. The molecule has 0 saturated carbocycles. The van der Waals surface area contributed by atoms with Crippen molar-refractivity contribution in [2.75, 3.05) is 181 Å². The molecule has 10 aliphatic heterocycles. The predicted molar refractivity (Wildman–Crippen MR) is 518 cm³/mol. The van der Waals surface area contributed by atoms with E-state index in [-0.39, 0.29) is 79.3 Å². The molecule has 7 atom stereocenters. The highest BCUT2D eigenvalue weighted by molar-refractivity contribution is 6.00. The van der Waals surface area contributed by atoms with E-state index >= 15 is 0 Å². The number of hydrogen-bond acceptors (Lipinski definition) is 25. The van der Waals surface area contributed by atoms with Gasteiger partial charge in [0.15, 0.2) is 0 Å². The molecule has 136 heavy (non-hydrogen) atoms. The number of fused-ring (bicyclic) bond motifs is 7. The van der Waals surface area contributed by atoms with Crippen molar-refractivity contribution in [2.24, 2.45) is 0 Å². The van der Waals surface area contributed by atoms with E-state index in [0.717, 1.165) is 153 Å². The maximum atomic E-state index is 13.7. The van der Waals surface area contributed by atoms with Crippen molar-refractivity contribution in [1.82, 2.24) is 59.3 Å². The van der Waals surface area contributed by atoms with Gasteiger partial charge in [-0.25, -0.2) is 13.2 Å². The molecule has 0 N–H and O–H groups in total. The SMILES string of the molecule is Cc1cccc2cccc(N3CCc4c(nc(OCC5CN(Cc6cc(N7CCc8c(nc(OCC9%10CCCN9C(c9cc(N%11CCc%12c(nc(OCC%13CCN%13C(C)C)nc%12N%12CCN(C(=O)/C=C/CF)[C@@H](CC#N)C%12)C%11)c%11c(C)cccc%11c9)CC%10)nc8N8CCN(C(=O)/C=C/CF)[C@@H](CC#N)C8)C7)c7c(C)cccc7c6)CCO5)nc4N4CCN(C(=O)/C=C/CF)[C@@H](CC#N)C4)C3)c12. The zero-order chi connectivity index (χ0) is 93.8. The summed E-state index contributed by atoms with van der Waals surface area (Å²) in [5.41, 5.74) is 14.5. The Kier molecular flexibility index (Phi) is 27.6. The van der Waals surface area contributed by atoms with Crippen molar-refractivity contribution >= 4 is 84.6 Å². The highest BCUT2D eigenvalue weighted by Gasteiger charge is 2.51. The molecule has 13 heterocycles. The van der Waals surface area contributed by atoms with Crippen LogP contribution in [0.1, 0.15) is 133 Å². The number of aryl methyl sites for hydroxylation is 3. The molecule has 0 bridgehead atoms. The molecule has 4 unspecified atom stereocenters. The summed E-state index contributed by atoms with van der Waals surface area (Å²) in [5, 5.41) is 37.5. The number of alkyl halides is 3. The van der Waals surface area contributed by atoms with Gasteiger partial charge in [-0.05, 0) is 185 Å². The van der Waals surface area contributed by atoms with E-state index in [2.05, 4.69) is 194 Å². The Labute approximate surface area is 793 Å². The standard InChI is InChI=1S/C105H120F3N21O7/c1-69(2)125-45-29-81(125)66-134-102-112-87-65-121(44-32-84(87)99(115-102)122-46-49-126(78(59-122)26-38-109)93(130)22-10-35-106)92-57-77(56-76-20-8-16-72(5)98(76)92)89-25-34-105(33-13-41-129(89)105)68-136-104-114-88-64-120(43-31-85(88)101(117-104)124-48-51-128(80(61-124)28-40-111)95(132)24-12-37-108)91-55-73(54-75-19-7-15-71(4)97(75)91)58-118-52-53-133-82(62-118)67-135-103-113-86-63-119(90-21-9-18-74-17-6-14-70(3)96(74)90)42-30-83(86)100(116-103)123-47-50-127(79(60-123)27-39-110)94(131)23-11-36-107/h6-12,14-24,54-57,69,78-82,89H,13,25-37,41-53,58-68H2,1-5H3/b22-10+,23-11+,24-12+/t78-,79-,80-,81?,82?,89?,105?/m0/s1. The van der Waals surface area contributed by atoms with Crippen molar-refractivity contribution in [2.45, 2.75) is 179 Å². The lowest BCUT2D eigenvalue weighted by Gasteiger charge is -2.43. The van der Waals surface area contributed by atoms with E-state index in [1.807, 2.05) is 0 Å². The molecular formula is C105H120F3N21O7. The van der Waals surface area contributed by atoms with E-state index in [1.54, 1.807) is 14.7 Å². The van der Waals surface area contributed by atoms with Gasteiger partial charge in [-0.2, -0.15) is 45.7 Å². The number of carbonyl (C=O) groups is 3. The Morgan fingerprint density at radius 3 is 1.43 bits per heavy atom. The third kappa shape index (κ3) is 18.9. The number of carbonyl (C=O) groups excluding carboxylic acids is 3. The first kappa shape index (κ1) is 92.3. The van der Waals surface area contributed by atoms with Crippen molar-refractivity contribution in [3.63, 3.8) is 0 Å². The second-order valence-corrected chi connectivity index (χ2v) is 38.4. The van der Waals surface area contributed by atoms with Crippen LogP contribution in [-0.4, -0.2) is 270 Å². The highest BCUT2D eigenvalue weighted by Crippen LogP contribution is 2.52. The summed E-state index contributed by atoms with van der Waals surface area (Å²) in [7, 11) is 0. The Balaban J connectivity index is 0.586. The fraction of sp³-hybridized carbons (Fsp3) is 0.486. The number of allylic oxidation sites excluding steroid dienone is 3. The van der Waals surface area contributed by atoms with Crippen molar-refractivity contribution in [3.8, 4) is 36.2 Å². The number of anilines is 6. The Morgan fingerprint density at radius 1 is 0.485 bits per heavy atom. The van der Waals surface area contributed by atoms with E-state index in [0.29, 0.717) is 162 Å². The molecule has 3 amide bonds. The van der Waals surface area contributed by atoms with Crippen LogP contribution in [0.5, 0.6) is 18.0 Å². The summed E-state index contributed by atoms with van der Waals surface area (Å²) >= 11 is 0. The number of ether oxygens (including phenoxy) is 4. The molecule has 31 heteroatoms. The topological polar surface area (TPSA) is 276 Å². The number of rotatable bonds is 28. The summed E-state index contributed by atoms with van der Waals surface area (Å²) in [6.45, 7) is 20.7. The summed E-state index contributed by atoms with van der Waals surface area (Å²) in [5.74, 6) is 1.25. The lowest BCUT2D eigenvalue weighted by molar-refractivity contribution is -0.129. The first-order chi connectivity index (χ1) is 66.3. The van der Waals surface area contributed by atoms with Gasteiger partial charge in [-0.15, -0.1) is 0 Å². The van der Waals surface area contributed by atoms with Gasteiger partial charge in [-0.3, -0.25) is 29.1 Å². The van der Waals surface area contributed by atoms with Gasteiger partial charge in [0, 0.05) is 191 Å². The average Bonchev–Trinajstić information content (AvgIpc) is 1.57. The van der Waals surface area contributed by atoms with E-state index < -0.39 is 38.1 Å². The molecule has 0 spiro atoms. The maximum absolute atomic E-state index is 13.7. The van der Waals surface area contributed by atoms with Crippen molar-refractivity contribution < 1.29 is 46.5 Å². The van der Waals surface area contributed by atoms with Gasteiger partial charge >= 0.3 is 18.0 Å². The third-order valence-electron chi connectivity index (χ3n) is 29.9. The minimum Gasteiger partial charge on any atom is -0.462 e. The number of likely N-dealkylation sites (tertiary alicyclic amines) is 1. The molecule has 9 aromatic rings. The molecule has 708 valence electrons. The number of hydrogen-bond donors (Lipinski definition) is 0. The summed E-state index contributed by atoms with van der Waals surface area (Å²) in [6, 6.07) is 42.4. The van der Waals surface area contributed by atoms with Crippen LogP contribution in [-0.2, 0) is 64.6 Å². The van der Waals surface area contributed by atoms with Crippen LogP contribution >= 0.6 is 0 Å². The largest absolute Gasteiger partial charge is 0.462 e.